The molecule has 1 saturated heterocycles. The summed E-state index contributed by atoms with van der Waals surface area (Å²) in [5.41, 5.74) is 1.77. The summed E-state index contributed by atoms with van der Waals surface area (Å²) in [5.74, 6) is 0.851. The summed E-state index contributed by atoms with van der Waals surface area (Å²) in [4.78, 5) is 14.1. The Kier molecular flexibility index (Phi) is 5.86. The van der Waals surface area contributed by atoms with Crippen LogP contribution in [0.1, 0.15) is 11.1 Å². The van der Waals surface area contributed by atoms with E-state index >= 15 is 0 Å². The predicted molar refractivity (Wildman–Crippen MR) is 110 cm³/mol. The molecule has 0 bridgehead atoms. The van der Waals surface area contributed by atoms with Gasteiger partial charge in [0.25, 0.3) is 5.91 Å². The third-order valence-electron chi connectivity index (χ3n) is 3.76. The number of thiocarbonyl (C=S) groups is 1. The van der Waals surface area contributed by atoms with Gasteiger partial charge in [-0.25, -0.2) is 0 Å². The van der Waals surface area contributed by atoms with Crippen molar-refractivity contribution in [1.29, 1.82) is 0 Å². The molecule has 1 amide bonds. The van der Waals surface area contributed by atoms with E-state index in [0.717, 1.165) is 11.1 Å². The van der Waals surface area contributed by atoms with Gasteiger partial charge >= 0.3 is 0 Å². The normalized spacial score (nSPS) is 15.7. The minimum atomic E-state index is -0.125. The van der Waals surface area contributed by atoms with Gasteiger partial charge in [-0.15, -0.1) is 0 Å². The molecule has 2 aromatic carbocycles. The number of carbonyl (C=O) groups is 1. The Morgan fingerprint density at radius 1 is 1.27 bits per heavy atom. The highest BCUT2D eigenvalue weighted by Crippen LogP contribution is 2.39. The van der Waals surface area contributed by atoms with Gasteiger partial charge < -0.3 is 9.47 Å². The predicted octanol–water partition coefficient (Wildman–Crippen LogP) is 4.76. The maximum atomic E-state index is 12.1. The Morgan fingerprint density at radius 3 is 2.62 bits per heavy atom. The molecule has 0 atom stereocenters. The molecule has 26 heavy (non-hydrogen) atoms. The van der Waals surface area contributed by atoms with Crippen molar-refractivity contribution in [2.45, 2.75) is 6.61 Å². The molecule has 0 aromatic heterocycles. The lowest BCUT2D eigenvalue weighted by Gasteiger charge is -2.13. The Bertz CT molecular complexity index is 884. The zero-order valence-electron chi connectivity index (χ0n) is 14.2. The largest absolute Gasteiger partial charge is 0.493 e. The molecule has 0 unspecified atom stereocenters. The van der Waals surface area contributed by atoms with E-state index in [9.17, 15) is 4.79 Å². The lowest BCUT2D eigenvalue weighted by molar-refractivity contribution is -0.121. The number of rotatable bonds is 5. The van der Waals surface area contributed by atoms with E-state index in [2.05, 4.69) is 0 Å². The molecule has 0 N–H and O–H groups in total. The zero-order valence-corrected chi connectivity index (χ0v) is 16.6. The van der Waals surface area contributed by atoms with Gasteiger partial charge in [0.15, 0.2) is 11.5 Å². The molecule has 1 heterocycles. The SMILES string of the molecule is COc1cc(/C=C2/SC(=S)N(C)C2=O)cc(Cl)c1OCc1ccccc1. The Balaban J connectivity index is 1.86. The molecule has 0 spiro atoms. The van der Waals surface area contributed by atoms with E-state index in [-0.39, 0.29) is 5.91 Å². The van der Waals surface area contributed by atoms with E-state index in [0.29, 0.717) is 32.4 Å². The highest BCUT2D eigenvalue weighted by atomic mass is 35.5. The van der Waals surface area contributed by atoms with Gasteiger partial charge in [0, 0.05) is 7.05 Å². The van der Waals surface area contributed by atoms with Crippen LogP contribution in [0.4, 0.5) is 0 Å². The van der Waals surface area contributed by atoms with Crippen LogP contribution < -0.4 is 9.47 Å². The first kappa shape index (κ1) is 18.8. The van der Waals surface area contributed by atoms with Crippen LogP contribution >= 0.6 is 35.6 Å². The molecule has 1 aliphatic rings. The first-order valence-corrected chi connectivity index (χ1v) is 9.35. The smallest absolute Gasteiger partial charge is 0.265 e. The maximum absolute atomic E-state index is 12.1. The average Bonchev–Trinajstić information content (AvgIpc) is 2.88. The number of halogens is 1. The number of nitrogens with zero attached hydrogens (tertiary/aromatic N) is 1. The van der Waals surface area contributed by atoms with Crippen LogP contribution in [0.5, 0.6) is 11.5 Å². The second-order valence-electron chi connectivity index (χ2n) is 5.55. The fraction of sp³-hybridized carbons (Fsp3) is 0.158. The van der Waals surface area contributed by atoms with Crippen molar-refractivity contribution in [2.24, 2.45) is 0 Å². The fourth-order valence-corrected chi connectivity index (χ4v) is 3.84. The van der Waals surface area contributed by atoms with Crippen LogP contribution in [0, 0.1) is 0 Å². The third-order valence-corrected chi connectivity index (χ3v) is 5.53. The van der Waals surface area contributed by atoms with E-state index < -0.39 is 0 Å². The number of ether oxygens (including phenoxy) is 2. The number of benzene rings is 2. The Hall–Kier alpha value is -2.02. The summed E-state index contributed by atoms with van der Waals surface area (Å²) in [6, 6.07) is 13.3. The van der Waals surface area contributed by atoms with E-state index in [1.165, 1.54) is 16.7 Å². The van der Waals surface area contributed by atoms with Crippen LogP contribution in [-0.4, -0.2) is 29.3 Å². The number of hydrogen-bond donors (Lipinski definition) is 0. The maximum Gasteiger partial charge on any atom is 0.265 e. The van der Waals surface area contributed by atoms with Gasteiger partial charge in [-0.2, -0.15) is 0 Å². The number of thioether (sulfide) groups is 1. The molecule has 3 rings (SSSR count). The lowest BCUT2D eigenvalue weighted by atomic mass is 10.1. The number of methoxy groups -OCH3 is 1. The molecule has 4 nitrogen and oxygen atoms in total. The van der Waals surface area contributed by atoms with Crippen molar-refractivity contribution in [3.8, 4) is 11.5 Å². The number of likely N-dealkylation sites (N-methyl/N-ethyl adjacent to an activating group) is 1. The van der Waals surface area contributed by atoms with Gasteiger partial charge in [-0.05, 0) is 29.3 Å². The number of carbonyl (C=O) groups excluding carboxylic acids is 1. The van der Waals surface area contributed by atoms with Crippen LogP contribution in [0.25, 0.3) is 6.08 Å². The quantitative estimate of drug-likeness (QED) is 0.529. The second-order valence-corrected chi connectivity index (χ2v) is 7.63. The molecule has 2 aromatic rings. The highest BCUT2D eigenvalue weighted by Gasteiger charge is 2.28. The summed E-state index contributed by atoms with van der Waals surface area (Å²) in [6.45, 7) is 0.380. The van der Waals surface area contributed by atoms with Crippen LogP contribution in [0.3, 0.4) is 0 Å². The van der Waals surface area contributed by atoms with Crippen molar-refractivity contribution in [3.05, 3.63) is 63.5 Å². The molecule has 7 heteroatoms. The van der Waals surface area contributed by atoms with E-state index in [1.54, 1.807) is 32.4 Å². The van der Waals surface area contributed by atoms with Gasteiger partial charge in [-0.3, -0.25) is 9.69 Å². The number of hydrogen-bond acceptors (Lipinski definition) is 5. The minimum Gasteiger partial charge on any atom is -0.493 e. The summed E-state index contributed by atoms with van der Waals surface area (Å²) >= 11 is 12.8. The van der Waals surface area contributed by atoms with Crippen molar-refractivity contribution in [2.75, 3.05) is 14.2 Å². The van der Waals surface area contributed by atoms with Crippen molar-refractivity contribution in [3.63, 3.8) is 0 Å². The Morgan fingerprint density at radius 2 is 2.00 bits per heavy atom. The topological polar surface area (TPSA) is 38.8 Å². The van der Waals surface area contributed by atoms with Crippen molar-refractivity contribution < 1.29 is 14.3 Å². The van der Waals surface area contributed by atoms with E-state index in [1.807, 2.05) is 30.3 Å². The summed E-state index contributed by atoms with van der Waals surface area (Å²) in [7, 11) is 3.21. The molecule has 1 fully saturated rings. The first-order valence-electron chi connectivity index (χ1n) is 7.75. The standard InChI is InChI=1S/C19H16ClNO3S2/c1-21-18(22)16(26-19(21)25)10-13-8-14(20)17(15(9-13)23-2)24-11-12-6-4-3-5-7-12/h3-10H,11H2,1-2H3/b16-10+. The zero-order chi connectivity index (χ0) is 18.7. The monoisotopic (exact) mass is 405 g/mol. The average molecular weight is 406 g/mol. The molecule has 1 aliphatic heterocycles. The van der Waals surface area contributed by atoms with Crippen molar-refractivity contribution >= 4 is 51.9 Å². The second kappa shape index (κ2) is 8.12. The van der Waals surface area contributed by atoms with Crippen LogP contribution in [0.15, 0.2) is 47.4 Å². The summed E-state index contributed by atoms with van der Waals surface area (Å²) < 4.78 is 11.8. The van der Waals surface area contributed by atoms with Crippen LogP contribution in [0.2, 0.25) is 5.02 Å². The number of amides is 1. The van der Waals surface area contributed by atoms with Gasteiger partial charge in [0.05, 0.1) is 17.0 Å². The van der Waals surface area contributed by atoms with E-state index in [4.69, 9.17) is 33.3 Å². The molecule has 0 aliphatic carbocycles. The summed E-state index contributed by atoms with van der Waals surface area (Å²) in [5, 5.41) is 0.415. The van der Waals surface area contributed by atoms with Crippen molar-refractivity contribution in [1.82, 2.24) is 4.90 Å². The van der Waals surface area contributed by atoms with Gasteiger partial charge in [0.1, 0.15) is 10.9 Å². The minimum absolute atomic E-state index is 0.125. The lowest BCUT2D eigenvalue weighted by Crippen LogP contribution is -2.22. The highest BCUT2D eigenvalue weighted by molar-refractivity contribution is 8.26. The fourth-order valence-electron chi connectivity index (χ4n) is 2.39. The van der Waals surface area contributed by atoms with Gasteiger partial charge in [0.2, 0.25) is 0 Å². The third kappa shape index (κ3) is 4.03. The molecular formula is C19H16ClNO3S2. The molecule has 134 valence electrons. The molecule has 0 radical (unpaired) electrons. The Labute approximate surface area is 166 Å². The van der Waals surface area contributed by atoms with Gasteiger partial charge in [-0.1, -0.05) is 65.9 Å². The summed E-state index contributed by atoms with van der Waals surface area (Å²) in [6.07, 6.45) is 1.75. The molecule has 0 saturated carbocycles. The van der Waals surface area contributed by atoms with Crippen LogP contribution in [-0.2, 0) is 11.4 Å². The molecular weight excluding hydrogens is 390 g/mol. The first-order chi connectivity index (χ1) is 12.5.